The normalized spacial score (nSPS) is 11.4. The molecule has 10 heteroatoms. The van der Waals surface area contributed by atoms with E-state index in [-0.39, 0.29) is 16.7 Å². The van der Waals surface area contributed by atoms with Gasteiger partial charge >= 0.3 is 10.1 Å². The smallest absolute Gasteiger partial charge is 0.302 e. The minimum absolute atomic E-state index is 0.138. The van der Waals surface area contributed by atoms with Crippen LogP contribution in [0.5, 0.6) is 23.0 Å². The summed E-state index contributed by atoms with van der Waals surface area (Å²) >= 11 is 0. The van der Waals surface area contributed by atoms with Crippen LogP contribution in [0.25, 0.3) is 22.3 Å². The van der Waals surface area contributed by atoms with E-state index in [4.69, 9.17) is 18.6 Å². The molecule has 148 valence electrons. The fourth-order valence-corrected chi connectivity index (χ4v) is 3.58. The Morgan fingerprint density at radius 1 is 0.964 bits per heavy atom. The summed E-state index contributed by atoms with van der Waals surface area (Å²) in [4.78, 5) is 11.8. The number of fused-ring (bicyclic) bond motifs is 1. The summed E-state index contributed by atoms with van der Waals surface area (Å²) in [5.41, 5.74) is -0.367. The lowest BCUT2D eigenvalue weighted by atomic mass is 10.1. The molecule has 0 saturated carbocycles. The Morgan fingerprint density at radius 3 is 2.07 bits per heavy atom. The molecule has 0 fully saturated rings. The second-order valence-electron chi connectivity index (χ2n) is 5.63. The van der Waals surface area contributed by atoms with Crippen LogP contribution in [0.2, 0.25) is 0 Å². The second kappa shape index (κ2) is 7.06. The molecule has 0 saturated heterocycles. The maximum Gasteiger partial charge on any atom is 0.302 e. The Morgan fingerprint density at radius 2 is 1.57 bits per heavy atom. The van der Waals surface area contributed by atoms with E-state index in [1.807, 2.05) is 0 Å². The van der Waals surface area contributed by atoms with Crippen LogP contribution in [0.3, 0.4) is 0 Å². The summed E-state index contributed by atoms with van der Waals surface area (Å²) < 4.78 is 53.8. The lowest BCUT2D eigenvalue weighted by Crippen LogP contribution is -2.09. The molecule has 0 amide bonds. The highest BCUT2D eigenvalue weighted by Gasteiger charge is 2.31. The van der Waals surface area contributed by atoms with E-state index in [2.05, 4.69) is 0 Å². The highest BCUT2D eigenvalue weighted by Crippen LogP contribution is 2.47. The van der Waals surface area contributed by atoms with E-state index >= 15 is 0 Å². The number of rotatable bonds is 5. The summed E-state index contributed by atoms with van der Waals surface area (Å²) in [6.45, 7) is 0. The first-order valence-electron chi connectivity index (χ1n) is 7.79. The third kappa shape index (κ3) is 3.12. The number of benzene rings is 2. The highest BCUT2D eigenvalue weighted by molar-refractivity contribution is 7.86. The average Bonchev–Trinajstić information content (AvgIpc) is 2.65. The van der Waals surface area contributed by atoms with Crippen molar-refractivity contribution in [3.8, 4) is 34.3 Å². The van der Waals surface area contributed by atoms with Crippen molar-refractivity contribution >= 4 is 21.1 Å². The van der Waals surface area contributed by atoms with Gasteiger partial charge in [-0.3, -0.25) is 9.35 Å². The molecular weight excluding hydrogens is 392 g/mol. The number of ether oxygens (including phenoxy) is 3. The van der Waals surface area contributed by atoms with Crippen LogP contribution in [0.15, 0.2) is 44.4 Å². The van der Waals surface area contributed by atoms with E-state index in [9.17, 15) is 22.9 Å². The predicted octanol–water partition coefficient (Wildman–Crippen LogP) is 2.44. The molecule has 0 radical (unpaired) electrons. The molecule has 1 aromatic heterocycles. The van der Waals surface area contributed by atoms with Crippen molar-refractivity contribution in [3.63, 3.8) is 0 Å². The minimum Gasteiger partial charge on any atom is -0.503 e. The number of hydrogen-bond acceptors (Lipinski definition) is 8. The van der Waals surface area contributed by atoms with Gasteiger partial charge in [-0.1, -0.05) is 0 Å². The molecule has 0 bridgehead atoms. The lowest BCUT2D eigenvalue weighted by molar-refractivity contribution is 0.348. The van der Waals surface area contributed by atoms with Crippen molar-refractivity contribution < 1.29 is 36.7 Å². The maximum atomic E-state index is 12.8. The van der Waals surface area contributed by atoms with Gasteiger partial charge in [-0.15, -0.1) is 0 Å². The van der Waals surface area contributed by atoms with Crippen LogP contribution < -0.4 is 19.6 Å². The fourth-order valence-electron chi connectivity index (χ4n) is 2.82. The third-order valence-electron chi connectivity index (χ3n) is 4.06. The van der Waals surface area contributed by atoms with Crippen LogP contribution in [-0.2, 0) is 10.1 Å². The van der Waals surface area contributed by atoms with E-state index in [0.717, 1.165) is 20.3 Å². The summed E-state index contributed by atoms with van der Waals surface area (Å²) in [5, 5.41) is 10.0. The maximum absolute atomic E-state index is 12.8. The zero-order valence-electron chi connectivity index (χ0n) is 15.0. The Bertz CT molecular complexity index is 1210. The van der Waals surface area contributed by atoms with Crippen LogP contribution in [-0.4, -0.2) is 39.4 Å². The number of methoxy groups -OCH3 is 3. The van der Waals surface area contributed by atoms with Gasteiger partial charge in [0.25, 0.3) is 0 Å². The Labute approximate surface area is 159 Å². The molecule has 9 nitrogen and oxygen atoms in total. The van der Waals surface area contributed by atoms with Crippen molar-refractivity contribution in [2.45, 2.75) is 4.90 Å². The number of phenols is 1. The molecule has 28 heavy (non-hydrogen) atoms. The summed E-state index contributed by atoms with van der Waals surface area (Å²) in [7, 11) is -1.19. The summed E-state index contributed by atoms with van der Waals surface area (Å²) in [5.74, 6) is -1.19. The minimum atomic E-state index is -4.94. The Hall–Kier alpha value is -3.24. The molecule has 1 heterocycles. The fraction of sp³-hybridized carbons (Fsp3) is 0.167. The second-order valence-corrected chi connectivity index (χ2v) is 6.99. The number of hydrogen-bond donors (Lipinski definition) is 2. The molecule has 0 unspecified atom stereocenters. The quantitative estimate of drug-likeness (QED) is 0.611. The van der Waals surface area contributed by atoms with Crippen molar-refractivity contribution in [3.05, 3.63) is 40.6 Å². The van der Waals surface area contributed by atoms with E-state index < -0.39 is 37.7 Å². The van der Waals surface area contributed by atoms with E-state index in [0.29, 0.717) is 11.3 Å². The van der Waals surface area contributed by atoms with Gasteiger partial charge in [-0.05, 0) is 24.3 Å². The molecule has 3 aromatic rings. The van der Waals surface area contributed by atoms with Crippen molar-refractivity contribution in [1.29, 1.82) is 0 Å². The molecule has 0 spiro atoms. The Kier molecular flexibility index (Phi) is 4.92. The van der Waals surface area contributed by atoms with Crippen molar-refractivity contribution in [2.24, 2.45) is 0 Å². The molecule has 0 aliphatic rings. The molecule has 0 aliphatic carbocycles. The monoisotopic (exact) mass is 408 g/mol. The topological polar surface area (TPSA) is 132 Å². The molecular formula is C18H16O9S. The molecule has 0 atom stereocenters. The van der Waals surface area contributed by atoms with Crippen LogP contribution in [0, 0.1) is 0 Å². The zero-order valence-corrected chi connectivity index (χ0v) is 15.9. The van der Waals surface area contributed by atoms with Gasteiger partial charge in [0.05, 0.1) is 21.3 Å². The standard InChI is InChI=1S/C18H16O9S/c1-24-10-6-4-9(5-7-10)12-8-11(19)13-15(27-12)17(26-3)14(20)18(16(13)25-2)28(21,22)23/h4-8,20H,1-3H3,(H,21,22,23). The highest BCUT2D eigenvalue weighted by atomic mass is 32.2. The van der Waals surface area contributed by atoms with Gasteiger partial charge in [0.1, 0.15) is 16.9 Å². The van der Waals surface area contributed by atoms with Crippen LogP contribution >= 0.6 is 0 Å². The van der Waals surface area contributed by atoms with Gasteiger partial charge in [0, 0.05) is 11.6 Å². The van der Waals surface area contributed by atoms with E-state index in [1.54, 1.807) is 24.3 Å². The van der Waals surface area contributed by atoms with Crippen molar-refractivity contribution in [1.82, 2.24) is 0 Å². The van der Waals surface area contributed by atoms with Gasteiger partial charge in [0.15, 0.2) is 27.4 Å². The summed E-state index contributed by atoms with van der Waals surface area (Å²) in [6.07, 6.45) is 0. The largest absolute Gasteiger partial charge is 0.503 e. The first-order valence-corrected chi connectivity index (χ1v) is 9.23. The van der Waals surface area contributed by atoms with Gasteiger partial charge in [-0.2, -0.15) is 8.42 Å². The molecule has 2 N–H and O–H groups in total. The lowest BCUT2D eigenvalue weighted by Gasteiger charge is -2.15. The van der Waals surface area contributed by atoms with Gasteiger partial charge < -0.3 is 23.7 Å². The predicted molar refractivity (Wildman–Crippen MR) is 99.1 cm³/mol. The first-order chi connectivity index (χ1) is 13.2. The number of phenolic OH excluding ortho intramolecular Hbond substituents is 1. The Balaban J connectivity index is 2.43. The molecule has 0 aliphatic heterocycles. The van der Waals surface area contributed by atoms with E-state index in [1.165, 1.54) is 7.11 Å². The van der Waals surface area contributed by atoms with Crippen LogP contribution in [0.4, 0.5) is 0 Å². The number of aromatic hydroxyl groups is 1. The van der Waals surface area contributed by atoms with Crippen molar-refractivity contribution in [2.75, 3.05) is 21.3 Å². The molecule has 2 aromatic carbocycles. The SMILES string of the molecule is COc1ccc(-c2cc(=O)c3c(OC)c(S(=O)(=O)O)c(O)c(OC)c3o2)cc1. The molecule has 3 rings (SSSR count). The van der Waals surface area contributed by atoms with Crippen LogP contribution in [0.1, 0.15) is 0 Å². The van der Waals surface area contributed by atoms with Gasteiger partial charge in [-0.25, -0.2) is 0 Å². The third-order valence-corrected chi connectivity index (χ3v) is 4.95. The van der Waals surface area contributed by atoms with Gasteiger partial charge in [0.2, 0.25) is 5.75 Å². The first kappa shape index (κ1) is 19.5. The average molecular weight is 408 g/mol. The summed E-state index contributed by atoms with van der Waals surface area (Å²) in [6, 6.07) is 7.77. The zero-order chi connectivity index (χ0) is 20.6.